The fourth-order valence-electron chi connectivity index (χ4n) is 8.10. The lowest BCUT2D eigenvalue weighted by atomic mass is 9.46. The summed E-state index contributed by atoms with van der Waals surface area (Å²) in [6.07, 6.45) is 13.6. The van der Waals surface area contributed by atoms with E-state index in [4.69, 9.17) is 5.11 Å². The molecule has 3 aliphatic carbocycles. The Labute approximate surface area is 179 Å². The molecule has 0 aromatic heterocycles. The van der Waals surface area contributed by atoms with Gasteiger partial charge in [0.1, 0.15) is 0 Å². The molecule has 2 unspecified atom stereocenters. The fourth-order valence-corrected chi connectivity index (χ4v) is 8.10. The van der Waals surface area contributed by atoms with Crippen molar-refractivity contribution >= 4 is 5.97 Å². The fraction of sp³-hybridized carbons (Fsp3) is 0.962. The van der Waals surface area contributed by atoms with E-state index in [-0.39, 0.29) is 6.10 Å². The monoisotopic (exact) mass is 406 g/mol. The Morgan fingerprint density at radius 3 is 2.48 bits per heavy atom. The zero-order chi connectivity index (χ0) is 21.2. The van der Waals surface area contributed by atoms with E-state index in [1.54, 1.807) is 0 Å². The maximum absolute atomic E-state index is 11.6. The molecule has 0 heterocycles. The Morgan fingerprint density at radius 1 is 1.07 bits per heavy atom. The van der Waals surface area contributed by atoms with Gasteiger partial charge in [-0.15, -0.1) is 0 Å². The molecule has 29 heavy (non-hydrogen) atoms. The maximum Gasteiger partial charge on any atom is 0.303 e. The number of hydrogen-bond acceptors (Lipinski definition) is 2. The molecule has 3 nitrogen and oxygen atoms in total. The van der Waals surface area contributed by atoms with Gasteiger partial charge in [-0.2, -0.15) is 0 Å². The molecule has 168 valence electrons. The lowest BCUT2D eigenvalue weighted by Crippen LogP contribution is -2.57. The van der Waals surface area contributed by atoms with E-state index in [1.165, 1.54) is 57.8 Å². The van der Waals surface area contributed by atoms with E-state index in [0.717, 1.165) is 12.8 Å². The minimum atomic E-state index is -0.663. The van der Waals surface area contributed by atoms with E-state index >= 15 is 0 Å². The van der Waals surface area contributed by atoms with Crippen molar-refractivity contribution in [1.82, 2.24) is 0 Å². The molecule has 3 heteroatoms. The van der Waals surface area contributed by atoms with Gasteiger partial charge in [0, 0.05) is 6.42 Å². The molecular weight excluding hydrogens is 360 g/mol. The number of hydrogen-bond donors (Lipinski definition) is 2. The van der Waals surface area contributed by atoms with Gasteiger partial charge in [-0.05, 0) is 78.9 Å². The minimum absolute atomic E-state index is 0.128. The van der Waals surface area contributed by atoms with Crippen LogP contribution in [0.5, 0.6) is 0 Å². The zero-order valence-corrected chi connectivity index (χ0v) is 19.4. The van der Waals surface area contributed by atoms with Crippen LogP contribution in [0.25, 0.3) is 0 Å². The summed E-state index contributed by atoms with van der Waals surface area (Å²) >= 11 is 0. The van der Waals surface area contributed by atoms with Crippen molar-refractivity contribution < 1.29 is 15.0 Å². The SMILES string of the molecule is CC[C@H]1[C@@H](O)[C@H]2C(C)CCC([C@H](C)CCC(=O)O)CCC[C@@H]2[C@@]2(C)CCCC[C@@H]12. The maximum atomic E-state index is 11.6. The van der Waals surface area contributed by atoms with Crippen LogP contribution in [0.2, 0.25) is 0 Å². The van der Waals surface area contributed by atoms with Gasteiger partial charge in [0.25, 0.3) is 0 Å². The Hall–Kier alpha value is -0.570. The molecule has 3 fully saturated rings. The topological polar surface area (TPSA) is 57.5 Å². The van der Waals surface area contributed by atoms with E-state index < -0.39 is 5.97 Å². The smallest absolute Gasteiger partial charge is 0.303 e. The van der Waals surface area contributed by atoms with Crippen LogP contribution < -0.4 is 0 Å². The Balaban J connectivity index is 1.80. The van der Waals surface area contributed by atoms with Crippen molar-refractivity contribution in [2.24, 2.45) is 46.8 Å². The Morgan fingerprint density at radius 2 is 1.79 bits per heavy atom. The number of aliphatic hydroxyl groups excluding tert-OH is 1. The number of aliphatic hydroxyl groups is 1. The molecule has 3 rings (SSSR count). The Bertz CT molecular complexity index is 546. The predicted molar refractivity (Wildman–Crippen MR) is 119 cm³/mol. The lowest BCUT2D eigenvalue weighted by molar-refractivity contribution is -0.159. The van der Waals surface area contributed by atoms with E-state index in [1.807, 2.05) is 0 Å². The average Bonchev–Trinajstić information content (AvgIpc) is 2.77. The highest BCUT2D eigenvalue weighted by Crippen LogP contribution is 2.61. The standard InChI is InChI=1S/C26H46O3/c1-5-20-21-10-6-7-16-26(21,4)22-11-8-9-19(17(2)13-15-23(27)28)14-12-18(3)24(22)25(20)29/h17-22,24-25,29H,5-16H2,1-4H3,(H,27,28)/t17-,18?,19?,20-,21+,22+,24+,25-,26+/m1/s1. The molecule has 0 saturated heterocycles. The third kappa shape index (κ3) is 4.70. The summed E-state index contributed by atoms with van der Waals surface area (Å²) in [5.41, 5.74) is 0.409. The highest BCUT2D eigenvalue weighted by Gasteiger charge is 2.56. The average molecular weight is 407 g/mol. The van der Waals surface area contributed by atoms with Crippen molar-refractivity contribution in [3.63, 3.8) is 0 Å². The summed E-state index contributed by atoms with van der Waals surface area (Å²) < 4.78 is 0. The summed E-state index contributed by atoms with van der Waals surface area (Å²) in [7, 11) is 0. The van der Waals surface area contributed by atoms with Gasteiger partial charge >= 0.3 is 5.97 Å². The van der Waals surface area contributed by atoms with E-state index in [9.17, 15) is 9.90 Å². The van der Waals surface area contributed by atoms with Gasteiger partial charge in [-0.25, -0.2) is 0 Å². The summed E-state index contributed by atoms with van der Waals surface area (Å²) in [6.45, 7) is 9.55. The number of aliphatic carboxylic acids is 1. The molecule has 0 radical (unpaired) electrons. The lowest BCUT2D eigenvalue weighted by Gasteiger charge is -2.60. The highest BCUT2D eigenvalue weighted by atomic mass is 16.4. The molecule has 0 spiro atoms. The molecule has 0 aromatic rings. The number of carbonyl (C=O) groups is 1. The van der Waals surface area contributed by atoms with Gasteiger partial charge in [-0.1, -0.05) is 66.2 Å². The first-order valence-corrected chi connectivity index (χ1v) is 12.7. The summed E-state index contributed by atoms with van der Waals surface area (Å²) in [4.78, 5) is 11.0. The predicted octanol–water partition coefficient (Wildman–Crippen LogP) is 6.53. The first-order chi connectivity index (χ1) is 13.8. The molecule has 0 amide bonds. The third-order valence-electron chi connectivity index (χ3n) is 9.82. The molecule has 0 aliphatic heterocycles. The Kier molecular flexibility index (Phi) is 7.73. The van der Waals surface area contributed by atoms with Crippen molar-refractivity contribution in [2.45, 2.75) is 111 Å². The second-order valence-corrected chi connectivity index (χ2v) is 11.3. The molecule has 3 saturated carbocycles. The number of rotatable bonds is 5. The number of carboxylic acid groups (broad SMARTS) is 1. The van der Waals surface area contributed by atoms with Gasteiger partial charge < -0.3 is 10.2 Å². The van der Waals surface area contributed by atoms with Crippen LogP contribution in [-0.4, -0.2) is 22.3 Å². The van der Waals surface area contributed by atoms with Crippen molar-refractivity contribution in [3.05, 3.63) is 0 Å². The first-order valence-electron chi connectivity index (χ1n) is 12.7. The number of carboxylic acids is 1. The molecular formula is C26H46O3. The summed E-state index contributed by atoms with van der Waals surface area (Å²) in [5, 5.41) is 20.6. The molecule has 9 atom stereocenters. The van der Waals surface area contributed by atoms with Crippen LogP contribution in [0.3, 0.4) is 0 Å². The third-order valence-corrected chi connectivity index (χ3v) is 9.82. The first kappa shape index (κ1) is 23.1. The summed E-state index contributed by atoms with van der Waals surface area (Å²) in [5.74, 6) is 3.34. The quantitative estimate of drug-likeness (QED) is 0.545. The van der Waals surface area contributed by atoms with Gasteiger partial charge in [0.15, 0.2) is 0 Å². The molecule has 3 aliphatic rings. The van der Waals surface area contributed by atoms with Gasteiger partial charge in [-0.3, -0.25) is 4.79 Å². The van der Waals surface area contributed by atoms with Crippen LogP contribution in [0.15, 0.2) is 0 Å². The van der Waals surface area contributed by atoms with Crippen LogP contribution in [0.4, 0.5) is 0 Å². The highest BCUT2D eigenvalue weighted by molar-refractivity contribution is 5.66. The van der Waals surface area contributed by atoms with E-state index in [0.29, 0.717) is 53.3 Å². The minimum Gasteiger partial charge on any atom is -0.481 e. The van der Waals surface area contributed by atoms with Crippen LogP contribution in [-0.2, 0) is 4.79 Å². The molecule has 2 N–H and O–H groups in total. The van der Waals surface area contributed by atoms with Gasteiger partial charge in [0.2, 0.25) is 0 Å². The van der Waals surface area contributed by atoms with Crippen LogP contribution in [0, 0.1) is 46.8 Å². The van der Waals surface area contributed by atoms with Gasteiger partial charge in [0.05, 0.1) is 6.10 Å². The molecule has 0 aromatic carbocycles. The number of fused-ring (bicyclic) bond motifs is 3. The van der Waals surface area contributed by atoms with Crippen LogP contribution >= 0.6 is 0 Å². The largest absolute Gasteiger partial charge is 0.481 e. The second kappa shape index (κ2) is 9.71. The second-order valence-electron chi connectivity index (χ2n) is 11.3. The van der Waals surface area contributed by atoms with E-state index in [2.05, 4.69) is 27.7 Å². The van der Waals surface area contributed by atoms with Crippen molar-refractivity contribution in [2.75, 3.05) is 0 Å². The zero-order valence-electron chi connectivity index (χ0n) is 19.4. The van der Waals surface area contributed by atoms with Crippen molar-refractivity contribution in [3.8, 4) is 0 Å². The normalized spacial score (nSPS) is 44.5. The van der Waals surface area contributed by atoms with Crippen LogP contribution in [0.1, 0.15) is 105 Å². The van der Waals surface area contributed by atoms with Crippen molar-refractivity contribution in [1.29, 1.82) is 0 Å². The molecule has 0 bridgehead atoms. The summed E-state index contributed by atoms with van der Waals surface area (Å²) in [6, 6.07) is 0.